The Hall–Kier alpha value is -1.29. The predicted molar refractivity (Wildman–Crippen MR) is 73.4 cm³/mol. The van der Waals surface area contributed by atoms with Gasteiger partial charge in [0.15, 0.2) is 5.22 Å². The molecule has 0 fully saturated rings. The fraction of sp³-hybridized carbons (Fsp3) is 0.286. The van der Waals surface area contributed by atoms with Gasteiger partial charge >= 0.3 is 0 Å². The van der Waals surface area contributed by atoms with Gasteiger partial charge in [-0.3, -0.25) is 5.84 Å². The lowest BCUT2D eigenvalue weighted by Gasteiger charge is -2.15. The molecule has 1 unspecified atom stereocenters. The summed E-state index contributed by atoms with van der Waals surface area (Å²) in [5.74, 6) is 6.81. The van der Waals surface area contributed by atoms with Gasteiger partial charge in [0.2, 0.25) is 0 Å². The number of halogens is 1. The Morgan fingerprint density at radius 1 is 1.06 bits per heavy atom. The molecule has 1 aromatic heterocycles. The molecular weight excluding hydrogens is 248 g/mol. The van der Waals surface area contributed by atoms with Gasteiger partial charge in [0, 0.05) is 0 Å². The number of nitrogens with one attached hydrogen (secondary N) is 1. The molecule has 1 heterocycles. The highest BCUT2D eigenvalue weighted by atomic mass is 35.5. The molecule has 18 heavy (non-hydrogen) atoms. The van der Waals surface area contributed by atoms with E-state index in [0.29, 0.717) is 16.9 Å². The van der Waals surface area contributed by atoms with Crippen molar-refractivity contribution in [1.29, 1.82) is 0 Å². The maximum absolute atomic E-state index is 5.78. The van der Waals surface area contributed by atoms with Crippen LogP contribution in [0.25, 0.3) is 0 Å². The third-order valence-corrected chi connectivity index (χ3v) is 3.18. The predicted octanol–water partition coefficient (Wildman–Crippen LogP) is 3.61. The largest absolute Gasteiger partial charge is 0.448 e. The Morgan fingerprint density at radius 2 is 1.67 bits per heavy atom. The van der Waals surface area contributed by atoms with E-state index in [9.17, 15) is 0 Å². The highest BCUT2D eigenvalue weighted by molar-refractivity contribution is 6.28. The number of rotatable bonds is 4. The molecule has 96 valence electrons. The Balaban J connectivity index is 2.28. The third-order valence-electron chi connectivity index (χ3n) is 2.98. The van der Waals surface area contributed by atoms with Crippen LogP contribution in [0.1, 0.15) is 42.7 Å². The Morgan fingerprint density at radius 3 is 2.11 bits per heavy atom. The summed E-state index contributed by atoms with van der Waals surface area (Å²) in [5, 5.41) is 0.365. The molecule has 0 aliphatic rings. The van der Waals surface area contributed by atoms with E-state index in [1.54, 1.807) is 6.07 Å². The van der Waals surface area contributed by atoms with Crippen LogP contribution in [0.4, 0.5) is 0 Å². The molecular formula is C14H17ClN2O. The van der Waals surface area contributed by atoms with Gasteiger partial charge in [0.05, 0.1) is 0 Å². The quantitative estimate of drug-likeness (QED) is 0.655. The molecule has 3 N–H and O–H groups in total. The smallest absolute Gasteiger partial charge is 0.193 e. The normalized spacial score (nSPS) is 12.9. The lowest BCUT2D eigenvalue weighted by atomic mass is 9.98. The highest BCUT2D eigenvalue weighted by Crippen LogP contribution is 2.26. The van der Waals surface area contributed by atoms with Crippen LogP contribution in [0.5, 0.6) is 0 Å². The van der Waals surface area contributed by atoms with Crippen molar-refractivity contribution in [2.75, 3.05) is 0 Å². The van der Waals surface area contributed by atoms with Gasteiger partial charge in [0.25, 0.3) is 0 Å². The van der Waals surface area contributed by atoms with E-state index < -0.39 is 0 Å². The zero-order valence-corrected chi connectivity index (χ0v) is 11.2. The lowest BCUT2D eigenvalue weighted by Crippen LogP contribution is -2.28. The first-order valence-corrected chi connectivity index (χ1v) is 6.31. The van der Waals surface area contributed by atoms with Crippen molar-refractivity contribution in [3.05, 3.63) is 58.5 Å². The maximum Gasteiger partial charge on any atom is 0.193 e. The summed E-state index contributed by atoms with van der Waals surface area (Å²) in [6.45, 7) is 4.33. The minimum absolute atomic E-state index is 0.182. The number of benzene rings is 1. The summed E-state index contributed by atoms with van der Waals surface area (Å²) in [4.78, 5) is 0. The molecule has 0 saturated carbocycles. The molecule has 0 bridgehead atoms. The van der Waals surface area contributed by atoms with Crippen LogP contribution in [0, 0.1) is 0 Å². The van der Waals surface area contributed by atoms with Gasteiger partial charge in [-0.05, 0) is 40.8 Å². The van der Waals surface area contributed by atoms with Crippen LogP contribution in [-0.2, 0) is 0 Å². The fourth-order valence-corrected chi connectivity index (χ4v) is 2.05. The summed E-state index contributed by atoms with van der Waals surface area (Å²) in [6, 6.07) is 11.7. The first-order chi connectivity index (χ1) is 8.61. The van der Waals surface area contributed by atoms with E-state index in [1.165, 1.54) is 5.56 Å². The van der Waals surface area contributed by atoms with E-state index in [1.807, 2.05) is 6.07 Å². The van der Waals surface area contributed by atoms with E-state index in [-0.39, 0.29) is 6.04 Å². The van der Waals surface area contributed by atoms with Crippen molar-refractivity contribution in [2.45, 2.75) is 25.8 Å². The number of hydrazine groups is 1. The van der Waals surface area contributed by atoms with Crippen LogP contribution >= 0.6 is 11.6 Å². The van der Waals surface area contributed by atoms with E-state index in [0.717, 1.165) is 5.56 Å². The second-order valence-corrected chi connectivity index (χ2v) is 4.94. The molecule has 1 atom stereocenters. The zero-order chi connectivity index (χ0) is 13.1. The van der Waals surface area contributed by atoms with E-state index >= 15 is 0 Å². The van der Waals surface area contributed by atoms with Gasteiger partial charge in [0.1, 0.15) is 11.8 Å². The summed E-state index contributed by atoms with van der Waals surface area (Å²) in [7, 11) is 0. The van der Waals surface area contributed by atoms with Crippen molar-refractivity contribution in [2.24, 2.45) is 5.84 Å². The van der Waals surface area contributed by atoms with Crippen LogP contribution in [-0.4, -0.2) is 0 Å². The van der Waals surface area contributed by atoms with Crippen molar-refractivity contribution in [3.8, 4) is 0 Å². The summed E-state index contributed by atoms with van der Waals surface area (Å²) >= 11 is 5.78. The first kappa shape index (κ1) is 13.1. The van der Waals surface area contributed by atoms with Gasteiger partial charge < -0.3 is 4.42 Å². The average molecular weight is 265 g/mol. The molecule has 1 aromatic carbocycles. The van der Waals surface area contributed by atoms with E-state index in [2.05, 4.69) is 43.5 Å². The number of furan rings is 1. The molecule has 0 saturated heterocycles. The van der Waals surface area contributed by atoms with Crippen LogP contribution in [0.15, 0.2) is 40.8 Å². The molecule has 0 aliphatic carbocycles. The molecule has 0 radical (unpaired) electrons. The molecule has 2 aromatic rings. The van der Waals surface area contributed by atoms with Crippen LogP contribution in [0.3, 0.4) is 0 Å². The highest BCUT2D eigenvalue weighted by Gasteiger charge is 2.16. The first-order valence-electron chi connectivity index (χ1n) is 5.93. The standard InChI is InChI=1S/C14H17ClN2O/c1-9(2)10-3-5-11(6-4-10)14(17-16)12-7-8-13(15)18-12/h3-9,14,17H,16H2,1-2H3. The lowest BCUT2D eigenvalue weighted by molar-refractivity contribution is 0.453. The van der Waals surface area contributed by atoms with Gasteiger partial charge in [-0.2, -0.15) is 0 Å². The van der Waals surface area contributed by atoms with Gasteiger partial charge in [-0.25, -0.2) is 5.43 Å². The summed E-state index contributed by atoms with van der Waals surface area (Å²) in [5.41, 5.74) is 5.09. The van der Waals surface area contributed by atoms with Crippen LogP contribution in [0.2, 0.25) is 5.22 Å². The SMILES string of the molecule is CC(C)c1ccc(C(NN)c2ccc(Cl)o2)cc1. The number of hydrogen-bond acceptors (Lipinski definition) is 3. The van der Waals surface area contributed by atoms with E-state index in [4.69, 9.17) is 21.9 Å². The summed E-state index contributed by atoms with van der Waals surface area (Å²) in [6.07, 6.45) is 0. The van der Waals surface area contributed by atoms with Crippen molar-refractivity contribution >= 4 is 11.6 Å². The molecule has 2 rings (SSSR count). The Bertz CT molecular complexity index is 505. The number of hydrogen-bond donors (Lipinski definition) is 2. The minimum Gasteiger partial charge on any atom is -0.448 e. The second-order valence-electron chi connectivity index (χ2n) is 4.56. The number of nitrogens with two attached hydrogens (primary N) is 1. The Kier molecular flexibility index (Phi) is 4.07. The van der Waals surface area contributed by atoms with Gasteiger partial charge in [-0.1, -0.05) is 38.1 Å². The minimum atomic E-state index is -0.182. The Labute approximate surface area is 112 Å². The molecule has 0 aliphatic heterocycles. The fourth-order valence-electron chi connectivity index (χ4n) is 1.90. The zero-order valence-electron chi connectivity index (χ0n) is 10.5. The molecule has 3 nitrogen and oxygen atoms in total. The molecule has 0 spiro atoms. The van der Waals surface area contributed by atoms with Crippen molar-refractivity contribution in [1.82, 2.24) is 5.43 Å². The second kappa shape index (κ2) is 5.57. The van der Waals surface area contributed by atoms with Gasteiger partial charge in [-0.15, -0.1) is 0 Å². The van der Waals surface area contributed by atoms with Crippen molar-refractivity contribution < 1.29 is 4.42 Å². The average Bonchev–Trinajstić information content (AvgIpc) is 2.77. The monoisotopic (exact) mass is 264 g/mol. The van der Waals surface area contributed by atoms with Crippen molar-refractivity contribution in [3.63, 3.8) is 0 Å². The van der Waals surface area contributed by atoms with Crippen LogP contribution < -0.4 is 11.3 Å². The topological polar surface area (TPSA) is 51.2 Å². The third kappa shape index (κ3) is 2.75. The molecule has 4 heteroatoms. The summed E-state index contributed by atoms with van der Waals surface area (Å²) < 4.78 is 5.39. The molecule has 0 amide bonds. The maximum atomic E-state index is 5.78.